The van der Waals surface area contributed by atoms with Gasteiger partial charge in [-0.25, -0.2) is 12.8 Å². The highest BCUT2D eigenvalue weighted by Crippen LogP contribution is 2.24. The molecule has 1 fully saturated rings. The monoisotopic (exact) mass is 479 g/mol. The Hall–Kier alpha value is -2.72. The van der Waals surface area contributed by atoms with Gasteiger partial charge in [-0.3, -0.25) is 9.59 Å². The third-order valence-electron chi connectivity index (χ3n) is 6.02. The molecule has 0 radical (unpaired) electrons. The van der Waals surface area contributed by atoms with Gasteiger partial charge in [0.15, 0.2) is 0 Å². The fourth-order valence-corrected chi connectivity index (χ4v) is 5.32. The van der Waals surface area contributed by atoms with Gasteiger partial charge < -0.3 is 15.1 Å². The number of benzene rings is 1. The van der Waals surface area contributed by atoms with E-state index >= 15 is 0 Å². The van der Waals surface area contributed by atoms with Gasteiger partial charge in [-0.1, -0.05) is 20.3 Å². The first-order chi connectivity index (χ1) is 15.7. The van der Waals surface area contributed by atoms with Gasteiger partial charge in [0.05, 0.1) is 23.6 Å². The van der Waals surface area contributed by atoms with E-state index in [4.69, 9.17) is 4.42 Å². The van der Waals surface area contributed by atoms with E-state index in [1.165, 1.54) is 22.7 Å². The molecule has 2 heterocycles. The fourth-order valence-electron chi connectivity index (χ4n) is 3.80. The molecule has 8 nitrogen and oxygen atoms in total. The minimum absolute atomic E-state index is 0.00673. The van der Waals surface area contributed by atoms with Crippen molar-refractivity contribution >= 4 is 21.8 Å². The summed E-state index contributed by atoms with van der Waals surface area (Å²) in [6, 6.07) is 7.35. The lowest BCUT2D eigenvalue weighted by molar-refractivity contribution is -0.133. The largest absolute Gasteiger partial charge is 0.467 e. The molecule has 1 aromatic carbocycles. The Morgan fingerprint density at radius 2 is 1.97 bits per heavy atom. The fraction of sp³-hybridized carbons (Fsp3) is 0.478. The molecule has 1 aliphatic heterocycles. The van der Waals surface area contributed by atoms with Crippen molar-refractivity contribution in [2.75, 3.05) is 13.1 Å². The van der Waals surface area contributed by atoms with E-state index < -0.39 is 27.8 Å². The number of rotatable bonds is 9. The SMILES string of the molecule is CC[C@@H](C)[C@H](NC(=O)[C@@H]1CCCN(S(=O)(=O)c2ccc(F)cc2)C1)C(=O)NCc1ccco1. The van der Waals surface area contributed by atoms with Crippen LogP contribution in [0.1, 0.15) is 38.9 Å². The highest BCUT2D eigenvalue weighted by Gasteiger charge is 2.35. The summed E-state index contributed by atoms with van der Waals surface area (Å²) in [5.41, 5.74) is 0. The minimum atomic E-state index is -3.85. The lowest BCUT2D eigenvalue weighted by atomic mass is 9.95. The maximum Gasteiger partial charge on any atom is 0.243 e. The van der Waals surface area contributed by atoms with Gasteiger partial charge in [0.1, 0.15) is 17.6 Å². The number of carbonyl (C=O) groups excluding carboxylic acids is 2. The summed E-state index contributed by atoms with van der Waals surface area (Å²) >= 11 is 0. The molecule has 3 atom stereocenters. The van der Waals surface area contributed by atoms with Gasteiger partial charge in [0.25, 0.3) is 0 Å². The van der Waals surface area contributed by atoms with Crippen molar-refractivity contribution in [3.8, 4) is 0 Å². The van der Waals surface area contributed by atoms with E-state index in [1.54, 1.807) is 12.1 Å². The Balaban J connectivity index is 1.66. The second-order valence-electron chi connectivity index (χ2n) is 8.33. The summed E-state index contributed by atoms with van der Waals surface area (Å²) in [5.74, 6) is -1.29. The minimum Gasteiger partial charge on any atom is -0.467 e. The van der Waals surface area contributed by atoms with Crippen molar-refractivity contribution in [3.05, 3.63) is 54.2 Å². The molecule has 1 aromatic heterocycles. The van der Waals surface area contributed by atoms with Crippen molar-refractivity contribution in [1.29, 1.82) is 0 Å². The average molecular weight is 480 g/mol. The van der Waals surface area contributed by atoms with Crippen LogP contribution in [0.5, 0.6) is 0 Å². The number of nitrogens with zero attached hydrogens (tertiary/aromatic N) is 1. The molecule has 33 heavy (non-hydrogen) atoms. The molecular weight excluding hydrogens is 449 g/mol. The van der Waals surface area contributed by atoms with E-state index in [-0.39, 0.29) is 42.3 Å². The van der Waals surface area contributed by atoms with Crippen molar-refractivity contribution in [1.82, 2.24) is 14.9 Å². The molecular formula is C23H30FN3O5S. The van der Waals surface area contributed by atoms with Crippen LogP contribution in [0.25, 0.3) is 0 Å². The topological polar surface area (TPSA) is 109 Å². The summed E-state index contributed by atoms with van der Waals surface area (Å²) in [4.78, 5) is 25.8. The highest BCUT2D eigenvalue weighted by atomic mass is 32.2. The first-order valence-corrected chi connectivity index (χ1v) is 12.5. The molecule has 0 unspecified atom stereocenters. The number of nitrogens with one attached hydrogen (secondary N) is 2. The van der Waals surface area contributed by atoms with Crippen LogP contribution < -0.4 is 10.6 Å². The first kappa shape index (κ1) is 24.9. The van der Waals surface area contributed by atoms with Gasteiger partial charge >= 0.3 is 0 Å². The van der Waals surface area contributed by atoms with Crippen LogP contribution in [0, 0.1) is 17.7 Å². The second kappa shape index (κ2) is 10.9. The Labute approximate surface area is 193 Å². The molecule has 0 aliphatic carbocycles. The Bertz CT molecular complexity index is 1040. The van der Waals surface area contributed by atoms with Gasteiger partial charge in [-0.15, -0.1) is 0 Å². The number of piperidine rings is 1. The van der Waals surface area contributed by atoms with Crippen molar-refractivity contribution < 1.29 is 26.8 Å². The lowest BCUT2D eigenvalue weighted by Gasteiger charge is -2.32. The van der Waals surface area contributed by atoms with Crippen molar-refractivity contribution in [3.63, 3.8) is 0 Å². The number of furan rings is 1. The van der Waals surface area contributed by atoms with Gasteiger partial charge in [-0.05, 0) is 55.2 Å². The molecule has 0 spiro atoms. The van der Waals surface area contributed by atoms with Crippen LogP contribution in [0.2, 0.25) is 0 Å². The highest BCUT2D eigenvalue weighted by molar-refractivity contribution is 7.89. The molecule has 1 saturated heterocycles. The van der Waals surface area contributed by atoms with Crippen LogP contribution >= 0.6 is 0 Å². The zero-order valence-electron chi connectivity index (χ0n) is 18.8. The molecule has 2 aromatic rings. The normalized spacial score (nSPS) is 18.9. The summed E-state index contributed by atoms with van der Waals surface area (Å²) in [6.07, 6.45) is 3.22. The smallest absolute Gasteiger partial charge is 0.243 e. The van der Waals surface area contributed by atoms with Crippen molar-refractivity contribution in [2.45, 2.75) is 50.6 Å². The van der Waals surface area contributed by atoms with Crippen LogP contribution in [0.3, 0.4) is 0 Å². The molecule has 1 aliphatic rings. The van der Waals surface area contributed by atoms with Gasteiger partial charge in [0.2, 0.25) is 21.8 Å². The summed E-state index contributed by atoms with van der Waals surface area (Å²) in [6.45, 7) is 4.31. The zero-order valence-corrected chi connectivity index (χ0v) is 19.6. The molecule has 10 heteroatoms. The van der Waals surface area contributed by atoms with Crippen LogP contribution in [0.4, 0.5) is 4.39 Å². The molecule has 180 valence electrons. The molecule has 2 amide bonds. The molecule has 0 saturated carbocycles. The number of halogens is 1. The summed E-state index contributed by atoms with van der Waals surface area (Å²) < 4.78 is 45.6. The van der Waals surface area contributed by atoms with E-state index in [0.717, 1.165) is 12.1 Å². The second-order valence-corrected chi connectivity index (χ2v) is 10.3. The first-order valence-electron chi connectivity index (χ1n) is 11.1. The predicted molar refractivity (Wildman–Crippen MR) is 120 cm³/mol. The third kappa shape index (κ3) is 6.20. The molecule has 0 bridgehead atoms. The van der Waals surface area contributed by atoms with Gasteiger partial charge in [0, 0.05) is 13.1 Å². The van der Waals surface area contributed by atoms with E-state index in [9.17, 15) is 22.4 Å². The predicted octanol–water partition coefficient (Wildman–Crippen LogP) is 2.67. The Kier molecular flexibility index (Phi) is 8.25. The Morgan fingerprint density at radius 1 is 1.24 bits per heavy atom. The lowest BCUT2D eigenvalue weighted by Crippen LogP contribution is -2.53. The molecule has 2 N–H and O–H groups in total. The summed E-state index contributed by atoms with van der Waals surface area (Å²) in [5, 5.41) is 5.62. The number of amides is 2. The number of hydrogen-bond acceptors (Lipinski definition) is 5. The maximum absolute atomic E-state index is 13.2. The van der Waals surface area contributed by atoms with Gasteiger partial charge in [-0.2, -0.15) is 4.31 Å². The van der Waals surface area contributed by atoms with Crippen LogP contribution in [-0.4, -0.2) is 43.7 Å². The number of hydrogen-bond donors (Lipinski definition) is 2. The quantitative estimate of drug-likeness (QED) is 0.575. The number of sulfonamides is 1. The Morgan fingerprint density at radius 3 is 2.61 bits per heavy atom. The summed E-state index contributed by atoms with van der Waals surface area (Å²) in [7, 11) is -3.85. The number of carbonyl (C=O) groups is 2. The van der Waals surface area contributed by atoms with E-state index in [2.05, 4.69) is 10.6 Å². The van der Waals surface area contributed by atoms with Crippen molar-refractivity contribution in [2.24, 2.45) is 11.8 Å². The van der Waals surface area contributed by atoms with Crippen LogP contribution in [-0.2, 0) is 26.2 Å². The van der Waals surface area contributed by atoms with E-state index in [1.807, 2.05) is 13.8 Å². The standard InChI is InChI=1S/C23H30FN3O5S/c1-3-16(2)21(23(29)25-14-19-7-5-13-32-19)26-22(28)17-6-4-12-27(15-17)33(30,31)20-10-8-18(24)9-11-20/h5,7-11,13,16-17,21H,3-4,6,12,14-15H2,1-2H3,(H,25,29)(H,26,28)/t16-,17-,21+/m1/s1. The van der Waals surface area contributed by atoms with Crippen LogP contribution in [0.15, 0.2) is 52.0 Å². The van der Waals surface area contributed by atoms with E-state index in [0.29, 0.717) is 25.0 Å². The maximum atomic E-state index is 13.2. The zero-order chi connectivity index (χ0) is 24.0. The average Bonchev–Trinajstić information content (AvgIpc) is 3.34. The third-order valence-corrected chi connectivity index (χ3v) is 7.90. The molecule has 3 rings (SSSR count).